The first kappa shape index (κ1) is 11.2. The first-order chi connectivity index (χ1) is 7.06. The van der Waals surface area contributed by atoms with Crippen molar-refractivity contribution in [3.63, 3.8) is 0 Å². The van der Waals surface area contributed by atoms with Crippen molar-refractivity contribution in [3.8, 4) is 0 Å². The SMILES string of the molecule is COC(=O)C(C)Nc1ncnc(N)c1C. The van der Waals surface area contributed by atoms with Gasteiger partial charge in [-0.2, -0.15) is 0 Å². The number of rotatable bonds is 3. The van der Waals surface area contributed by atoms with Gasteiger partial charge in [-0.3, -0.25) is 0 Å². The van der Waals surface area contributed by atoms with Gasteiger partial charge in [0.2, 0.25) is 0 Å². The lowest BCUT2D eigenvalue weighted by atomic mass is 10.3. The molecular formula is C9H14N4O2. The first-order valence-electron chi connectivity index (χ1n) is 4.47. The third kappa shape index (κ3) is 2.55. The number of carbonyl (C=O) groups is 1. The average Bonchev–Trinajstić information content (AvgIpc) is 2.23. The number of anilines is 2. The van der Waals surface area contributed by atoms with Crippen LogP contribution in [0, 0.1) is 6.92 Å². The molecule has 0 saturated carbocycles. The Morgan fingerprint density at radius 2 is 2.27 bits per heavy atom. The van der Waals surface area contributed by atoms with Crippen LogP contribution in [-0.4, -0.2) is 29.1 Å². The molecule has 1 aromatic rings. The fourth-order valence-electron chi connectivity index (χ4n) is 1.05. The van der Waals surface area contributed by atoms with Crippen LogP contribution in [0.25, 0.3) is 0 Å². The molecule has 0 aromatic carbocycles. The lowest BCUT2D eigenvalue weighted by Crippen LogP contribution is -2.28. The second kappa shape index (κ2) is 4.59. The Morgan fingerprint density at radius 1 is 1.60 bits per heavy atom. The number of methoxy groups -OCH3 is 1. The van der Waals surface area contributed by atoms with Crippen molar-refractivity contribution >= 4 is 17.6 Å². The van der Waals surface area contributed by atoms with Gasteiger partial charge in [0.25, 0.3) is 0 Å². The number of nitrogens with two attached hydrogens (primary N) is 1. The van der Waals surface area contributed by atoms with Crippen LogP contribution in [0.5, 0.6) is 0 Å². The van der Waals surface area contributed by atoms with Crippen LogP contribution in [0.15, 0.2) is 6.33 Å². The Labute approximate surface area is 87.9 Å². The summed E-state index contributed by atoms with van der Waals surface area (Å²) in [5, 5.41) is 2.90. The third-order valence-electron chi connectivity index (χ3n) is 2.03. The molecule has 1 atom stereocenters. The summed E-state index contributed by atoms with van der Waals surface area (Å²) in [6.07, 6.45) is 1.34. The van der Waals surface area contributed by atoms with Gasteiger partial charge in [0.15, 0.2) is 0 Å². The zero-order chi connectivity index (χ0) is 11.4. The van der Waals surface area contributed by atoms with E-state index in [9.17, 15) is 4.79 Å². The molecule has 0 saturated heterocycles. The van der Waals surface area contributed by atoms with Crippen molar-refractivity contribution in [1.29, 1.82) is 0 Å². The summed E-state index contributed by atoms with van der Waals surface area (Å²) in [5.74, 6) is 0.580. The van der Waals surface area contributed by atoms with E-state index in [0.717, 1.165) is 0 Å². The molecule has 1 rings (SSSR count). The number of nitrogen functional groups attached to an aromatic ring is 1. The topological polar surface area (TPSA) is 90.1 Å². The maximum atomic E-state index is 11.2. The molecule has 0 aliphatic heterocycles. The van der Waals surface area contributed by atoms with Crippen LogP contribution < -0.4 is 11.1 Å². The largest absolute Gasteiger partial charge is 0.467 e. The molecule has 6 heteroatoms. The molecule has 1 unspecified atom stereocenters. The average molecular weight is 210 g/mol. The number of aromatic nitrogens is 2. The van der Waals surface area contributed by atoms with Gasteiger partial charge in [-0.05, 0) is 13.8 Å². The van der Waals surface area contributed by atoms with Gasteiger partial charge in [0.05, 0.1) is 7.11 Å². The van der Waals surface area contributed by atoms with E-state index < -0.39 is 6.04 Å². The van der Waals surface area contributed by atoms with Crippen molar-refractivity contribution in [1.82, 2.24) is 9.97 Å². The molecule has 1 aromatic heterocycles. The summed E-state index contributed by atoms with van der Waals surface area (Å²) in [5.41, 5.74) is 6.31. The van der Waals surface area contributed by atoms with Crippen molar-refractivity contribution < 1.29 is 9.53 Å². The molecule has 0 spiro atoms. The molecule has 82 valence electrons. The zero-order valence-electron chi connectivity index (χ0n) is 8.94. The van der Waals surface area contributed by atoms with E-state index in [-0.39, 0.29) is 5.97 Å². The van der Waals surface area contributed by atoms with E-state index >= 15 is 0 Å². The highest BCUT2D eigenvalue weighted by atomic mass is 16.5. The minimum atomic E-state index is -0.469. The molecule has 0 aliphatic carbocycles. The van der Waals surface area contributed by atoms with E-state index in [1.165, 1.54) is 13.4 Å². The van der Waals surface area contributed by atoms with Crippen molar-refractivity contribution in [2.24, 2.45) is 0 Å². The summed E-state index contributed by atoms with van der Waals surface area (Å²) in [4.78, 5) is 19.0. The Bertz CT molecular complexity index is 367. The highest BCUT2D eigenvalue weighted by Gasteiger charge is 2.14. The van der Waals surface area contributed by atoms with E-state index in [1.54, 1.807) is 13.8 Å². The van der Waals surface area contributed by atoms with Crippen LogP contribution in [0.1, 0.15) is 12.5 Å². The normalized spacial score (nSPS) is 11.9. The van der Waals surface area contributed by atoms with Crippen LogP contribution in [-0.2, 0) is 9.53 Å². The van der Waals surface area contributed by atoms with Crippen molar-refractivity contribution in [2.75, 3.05) is 18.2 Å². The second-order valence-electron chi connectivity index (χ2n) is 3.12. The molecule has 0 amide bonds. The van der Waals surface area contributed by atoms with E-state index in [0.29, 0.717) is 17.2 Å². The number of esters is 1. The molecule has 15 heavy (non-hydrogen) atoms. The number of nitrogens with zero attached hydrogens (tertiary/aromatic N) is 2. The van der Waals surface area contributed by atoms with Gasteiger partial charge < -0.3 is 15.8 Å². The number of hydrogen-bond donors (Lipinski definition) is 2. The second-order valence-corrected chi connectivity index (χ2v) is 3.12. The van der Waals surface area contributed by atoms with Gasteiger partial charge in [0, 0.05) is 5.56 Å². The molecule has 0 bridgehead atoms. The summed E-state index contributed by atoms with van der Waals surface area (Å²) < 4.78 is 4.58. The Balaban J connectivity index is 2.81. The Hall–Kier alpha value is -1.85. The Morgan fingerprint density at radius 3 is 2.87 bits per heavy atom. The van der Waals surface area contributed by atoms with E-state index in [1.807, 2.05) is 0 Å². The maximum absolute atomic E-state index is 11.2. The molecule has 1 heterocycles. The minimum absolute atomic E-state index is 0.355. The van der Waals surface area contributed by atoms with Crippen molar-refractivity contribution in [2.45, 2.75) is 19.9 Å². The summed E-state index contributed by atoms with van der Waals surface area (Å²) in [6, 6.07) is -0.469. The third-order valence-corrected chi connectivity index (χ3v) is 2.03. The highest BCUT2D eigenvalue weighted by Crippen LogP contribution is 2.15. The molecule has 0 aliphatic rings. The molecule has 0 fully saturated rings. The molecular weight excluding hydrogens is 196 g/mol. The smallest absolute Gasteiger partial charge is 0.328 e. The summed E-state index contributed by atoms with van der Waals surface area (Å²) in [6.45, 7) is 3.46. The van der Waals surface area contributed by atoms with Gasteiger partial charge in [-0.15, -0.1) is 0 Å². The molecule has 0 radical (unpaired) electrons. The van der Waals surface area contributed by atoms with Gasteiger partial charge in [-0.25, -0.2) is 14.8 Å². The first-order valence-corrected chi connectivity index (χ1v) is 4.47. The van der Waals surface area contributed by atoms with Gasteiger partial charge in [0.1, 0.15) is 24.0 Å². The fourth-order valence-corrected chi connectivity index (χ4v) is 1.05. The summed E-state index contributed by atoms with van der Waals surface area (Å²) in [7, 11) is 1.34. The lowest BCUT2D eigenvalue weighted by molar-refractivity contribution is -0.141. The number of hydrogen-bond acceptors (Lipinski definition) is 6. The lowest BCUT2D eigenvalue weighted by Gasteiger charge is -2.13. The quantitative estimate of drug-likeness (QED) is 0.699. The van der Waals surface area contributed by atoms with E-state index in [2.05, 4.69) is 20.0 Å². The number of nitrogens with one attached hydrogen (secondary N) is 1. The van der Waals surface area contributed by atoms with Gasteiger partial charge >= 0.3 is 5.97 Å². The number of carbonyl (C=O) groups excluding carboxylic acids is 1. The predicted molar refractivity (Wildman–Crippen MR) is 56.3 cm³/mol. The van der Waals surface area contributed by atoms with Crippen LogP contribution in [0.4, 0.5) is 11.6 Å². The molecule has 3 N–H and O–H groups in total. The zero-order valence-corrected chi connectivity index (χ0v) is 8.94. The van der Waals surface area contributed by atoms with Crippen LogP contribution >= 0.6 is 0 Å². The highest BCUT2D eigenvalue weighted by molar-refractivity contribution is 5.78. The predicted octanol–water partition coefficient (Wildman–Crippen LogP) is 0.341. The van der Waals surface area contributed by atoms with Crippen LogP contribution in [0.3, 0.4) is 0 Å². The van der Waals surface area contributed by atoms with Crippen molar-refractivity contribution in [3.05, 3.63) is 11.9 Å². The molecule has 6 nitrogen and oxygen atoms in total. The standard InChI is InChI=1S/C9H14N4O2/c1-5-7(10)11-4-12-8(5)13-6(2)9(14)15-3/h4,6H,1-3H3,(H3,10,11,12,13). The van der Waals surface area contributed by atoms with Crippen LogP contribution in [0.2, 0.25) is 0 Å². The summed E-state index contributed by atoms with van der Waals surface area (Å²) >= 11 is 0. The maximum Gasteiger partial charge on any atom is 0.328 e. The Kier molecular flexibility index (Phi) is 3.43. The minimum Gasteiger partial charge on any atom is -0.467 e. The number of ether oxygens (including phenoxy) is 1. The fraction of sp³-hybridized carbons (Fsp3) is 0.444. The van der Waals surface area contributed by atoms with E-state index in [4.69, 9.17) is 5.73 Å². The van der Waals surface area contributed by atoms with Gasteiger partial charge in [-0.1, -0.05) is 0 Å². The monoisotopic (exact) mass is 210 g/mol.